The summed E-state index contributed by atoms with van der Waals surface area (Å²) in [5.74, 6) is -0.0223. The van der Waals surface area contributed by atoms with Crippen molar-refractivity contribution in [3.05, 3.63) is 47.8 Å². The number of carbonyl (C=O) groups excluding carboxylic acids is 1. The van der Waals surface area contributed by atoms with Crippen LogP contribution < -0.4 is 5.32 Å². The predicted octanol–water partition coefficient (Wildman–Crippen LogP) is 2.77. The minimum atomic E-state index is -0.0223. The molecule has 1 saturated heterocycles. The summed E-state index contributed by atoms with van der Waals surface area (Å²) in [5.41, 5.74) is 4.15. The summed E-state index contributed by atoms with van der Waals surface area (Å²) < 4.78 is 1.78. The maximum atomic E-state index is 13.1. The number of aryl methyl sites for hydroxylation is 2. The molecule has 1 N–H and O–H groups in total. The fourth-order valence-electron chi connectivity index (χ4n) is 3.77. The van der Waals surface area contributed by atoms with E-state index < -0.39 is 0 Å². The number of carbonyl (C=O) groups is 1. The molecule has 0 bridgehead atoms. The van der Waals surface area contributed by atoms with Gasteiger partial charge in [-0.05, 0) is 52.0 Å². The third-order valence-electron chi connectivity index (χ3n) is 5.30. The Morgan fingerprint density at radius 3 is 2.63 bits per heavy atom. The number of fused-ring (bicyclic) bond motifs is 1. The Kier molecular flexibility index (Phi) is 4.66. The number of hydrogen-bond acceptors (Lipinski definition) is 4. The van der Waals surface area contributed by atoms with E-state index in [0.717, 1.165) is 53.8 Å². The lowest BCUT2D eigenvalue weighted by molar-refractivity contribution is 0.0918. The van der Waals surface area contributed by atoms with E-state index in [-0.39, 0.29) is 11.9 Å². The summed E-state index contributed by atoms with van der Waals surface area (Å²) in [7, 11) is 4.02. The van der Waals surface area contributed by atoms with Crippen LogP contribution in [0.15, 0.2) is 36.5 Å². The van der Waals surface area contributed by atoms with Crippen molar-refractivity contribution in [1.29, 1.82) is 0 Å². The lowest BCUT2D eigenvalue weighted by Gasteiger charge is -2.29. The fraction of sp³-hybridized carbons (Fsp3) is 0.381. The molecule has 0 atom stereocenters. The molecule has 4 rings (SSSR count). The zero-order valence-corrected chi connectivity index (χ0v) is 16.1. The van der Waals surface area contributed by atoms with Crippen LogP contribution in [0.2, 0.25) is 0 Å². The van der Waals surface area contributed by atoms with Gasteiger partial charge in [0.15, 0.2) is 0 Å². The van der Waals surface area contributed by atoms with Crippen LogP contribution >= 0.6 is 0 Å². The number of para-hydroxylation sites is 1. The van der Waals surface area contributed by atoms with Crippen molar-refractivity contribution >= 4 is 16.8 Å². The average molecular weight is 363 g/mol. The predicted molar refractivity (Wildman–Crippen MR) is 107 cm³/mol. The first-order valence-electron chi connectivity index (χ1n) is 9.41. The Morgan fingerprint density at radius 2 is 1.93 bits per heavy atom. The number of benzene rings is 1. The molecule has 0 unspecified atom stereocenters. The molecule has 1 aliphatic heterocycles. The number of piperidine rings is 1. The number of hydrogen-bond donors (Lipinski definition) is 1. The summed E-state index contributed by atoms with van der Waals surface area (Å²) in [5, 5.41) is 8.53. The van der Waals surface area contributed by atoms with E-state index in [1.165, 1.54) is 0 Å². The molecule has 1 amide bonds. The van der Waals surface area contributed by atoms with Crippen molar-refractivity contribution < 1.29 is 4.79 Å². The highest BCUT2D eigenvalue weighted by atomic mass is 16.1. The monoisotopic (exact) mass is 363 g/mol. The number of amides is 1. The zero-order chi connectivity index (χ0) is 19.0. The van der Waals surface area contributed by atoms with Gasteiger partial charge < -0.3 is 10.2 Å². The molecule has 0 aliphatic carbocycles. The molecule has 3 aromatic rings. The van der Waals surface area contributed by atoms with Crippen molar-refractivity contribution in [3.8, 4) is 11.3 Å². The van der Waals surface area contributed by atoms with Gasteiger partial charge in [0.2, 0.25) is 0 Å². The SMILES string of the molecule is Cc1nn(C)cc1-c1cc(C(=O)NC2CCN(C)CC2)c2ccccc2n1. The van der Waals surface area contributed by atoms with Gasteiger partial charge in [-0.1, -0.05) is 18.2 Å². The molecule has 3 heterocycles. The Hall–Kier alpha value is -2.73. The van der Waals surface area contributed by atoms with Gasteiger partial charge in [-0.2, -0.15) is 5.10 Å². The Labute approximate surface area is 159 Å². The number of nitrogens with one attached hydrogen (secondary N) is 1. The molecular weight excluding hydrogens is 338 g/mol. The lowest BCUT2D eigenvalue weighted by Crippen LogP contribution is -2.43. The minimum Gasteiger partial charge on any atom is -0.349 e. The summed E-state index contributed by atoms with van der Waals surface area (Å²) in [6, 6.07) is 9.95. The van der Waals surface area contributed by atoms with Crippen molar-refractivity contribution in [2.24, 2.45) is 7.05 Å². The molecule has 140 valence electrons. The van der Waals surface area contributed by atoms with Crippen molar-refractivity contribution in [1.82, 2.24) is 25.0 Å². The van der Waals surface area contributed by atoms with Crippen LogP contribution in [0.25, 0.3) is 22.2 Å². The number of aromatic nitrogens is 3. The van der Waals surface area contributed by atoms with Crippen LogP contribution in [0.5, 0.6) is 0 Å². The zero-order valence-electron chi connectivity index (χ0n) is 16.1. The summed E-state index contributed by atoms with van der Waals surface area (Å²) >= 11 is 0. The number of pyridine rings is 1. The van der Waals surface area contributed by atoms with E-state index in [2.05, 4.69) is 22.4 Å². The normalized spacial score (nSPS) is 16.0. The van der Waals surface area contributed by atoms with E-state index in [1.54, 1.807) is 4.68 Å². The van der Waals surface area contributed by atoms with E-state index in [1.807, 2.05) is 50.5 Å². The second-order valence-corrected chi connectivity index (χ2v) is 7.43. The first kappa shape index (κ1) is 17.7. The second kappa shape index (κ2) is 7.12. The van der Waals surface area contributed by atoms with Crippen LogP contribution in [-0.2, 0) is 7.05 Å². The Balaban J connectivity index is 1.72. The highest BCUT2D eigenvalue weighted by Gasteiger charge is 2.21. The molecule has 6 heteroatoms. The van der Waals surface area contributed by atoms with Gasteiger partial charge in [0.1, 0.15) is 0 Å². The third kappa shape index (κ3) is 3.57. The van der Waals surface area contributed by atoms with E-state index >= 15 is 0 Å². The van der Waals surface area contributed by atoms with Gasteiger partial charge in [0.05, 0.1) is 22.5 Å². The standard InChI is InChI=1S/C21H25N5O/c1-14-18(13-26(3)24-14)20-12-17(16-6-4-5-7-19(16)23-20)21(27)22-15-8-10-25(2)11-9-15/h4-7,12-13,15H,8-11H2,1-3H3,(H,22,27). The highest BCUT2D eigenvalue weighted by Crippen LogP contribution is 2.26. The van der Waals surface area contributed by atoms with Gasteiger partial charge in [0.25, 0.3) is 5.91 Å². The molecular formula is C21H25N5O. The largest absolute Gasteiger partial charge is 0.349 e. The summed E-state index contributed by atoms with van der Waals surface area (Å²) in [6.45, 7) is 3.99. The van der Waals surface area contributed by atoms with Gasteiger partial charge in [-0.3, -0.25) is 9.48 Å². The fourth-order valence-corrected chi connectivity index (χ4v) is 3.77. The van der Waals surface area contributed by atoms with Crippen molar-refractivity contribution in [2.45, 2.75) is 25.8 Å². The van der Waals surface area contributed by atoms with Crippen LogP contribution in [-0.4, -0.2) is 51.8 Å². The molecule has 6 nitrogen and oxygen atoms in total. The molecule has 1 fully saturated rings. The van der Waals surface area contributed by atoms with Gasteiger partial charge in [0, 0.05) is 30.2 Å². The first-order chi connectivity index (χ1) is 13.0. The molecule has 0 radical (unpaired) electrons. The third-order valence-corrected chi connectivity index (χ3v) is 5.30. The molecule has 2 aromatic heterocycles. The first-order valence-corrected chi connectivity index (χ1v) is 9.41. The average Bonchev–Trinajstić information content (AvgIpc) is 3.01. The topological polar surface area (TPSA) is 63.1 Å². The maximum absolute atomic E-state index is 13.1. The number of rotatable bonds is 3. The Morgan fingerprint density at radius 1 is 1.19 bits per heavy atom. The molecule has 0 spiro atoms. The molecule has 27 heavy (non-hydrogen) atoms. The smallest absolute Gasteiger partial charge is 0.252 e. The second-order valence-electron chi connectivity index (χ2n) is 7.43. The van der Waals surface area contributed by atoms with Gasteiger partial charge >= 0.3 is 0 Å². The lowest BCUT2D eigenvalue weighted by atomic mass is 10.0. The molecule has 1 aliphatic rings. The quantitative estimate of drug-likeness (QED) is 0.777. The van der Waals surface area contributed by atoms with Crippen molar-refractivity contribution in [2.75, 3.05) is 20.1 Å². The number of likely N-dealkylation sites (tertiary alicyclic amines) is 1. The molecule has 1 aromatic carbocycles. The van der Waals surface area contributed by atoms with Crippen molar-refractivity contribution in [3.63, 3.8) is 0 Å². The minimum absolute atomic E-state index is 0.0223. The van der Waals surface area contributed by atoms with Gasteiger partial charge in [-0.15, -0.1) is 0 Å². The summed E-state index contributed by atoms with van der Waals surface area (Å²) in [6.07, 6.45) is 3.92. The van der Waals surface area contributed by atoms with Crippen LogP contribution in [0, 0.1) is 6.92 Å². The van der Waals surface area contributed by atoms with E-state index in [0.29, 0.717) is 5.56 Å². The van der Waals surface area contributed by atoms with Crippen LogP contribution in [0.3, 0.4) is 0 Å². The van der Waals surface area contributed by atoms with Gasteiger partial charge in [-0.25, -0.2) is 4.98 Å². The van der Waals surface area contributed by atoms with Crippen LogP contribution in [0.1, 0.15) is 28.9 Å². The van der Waals surface area contributed by atoms with E-state index in [4.69, 9.17) is 4.98 Å². The van der Waals surface area contributed by atoms with Crippen LogP contribution in [0.4, 0.5) is 0 Å². The van der Waals surface area contributed by atoms with E-state index in [9.17, 15) is 4.79 Å². The Bertz CT molecular complexity index is 985. The maximum Gasteiger partial charge on any atom is 0.252 e. The highest BCUT2D eigenvalue weighted by molar-refractivity contribution is 6.07. The molecule has 0 saturated carbocycles. The summed E-state index contributed by atoms with van der Waals surface area (Å²) in [4.78, 5) is 20.2. The number of nitrogens with zero attached hydrogens (tertiary/aromatic N) is 4.